The van der Waals surface area contributed by atoms with E-state index >= 15 is 0 Å². The van der Waals surface area contributed by atoms with E-state index in [-0.39, 0.29) is 23.4 Å². The minimum absolute atomic E-state index is 0.102. The molecule has 0 fully saturated rings. The lowest BCUT2D eigenvalue weighted by Crippen LogP contribution is -2.33. The van der Waals surface area contributed by atoms with Gasteiger partial charge in [-0.25, -0.2) is 0 Å². The standard InChI is InChI=1S/C21H28O2/c1-15(2)6-4-7-16(3)8-5-9-17-10-11-18-12-13-20(22)21(23)19(18)14-17/h6,8,10,12-13,18-19H,4-5,7,9,11,14H2,1-3H3/b16-8+. The fourth-order valence-electron chi connectivity index (χ4n) is 3.36. The molecular weight excluding hydrogens is 284 g/mol. The second-order valence-corrected chi connectivity index (χ2v) is 7.07. The highest BCUT2D eigenvalue weighted by Gasteiger charge is 2.35. The fraction of sp³-hybridized carbons (Fsp3) is 0.524. The molecule has 0 aromatic heterocycles. The number of fused-ring (bicyclic) bond motifs is 1. The fourth-order valence-corrected chi connectivity index (χ4v) is 3.36. The summed E-state index contributed by atoms with van der Waals surface area (Å²) in [5.74, 6) is -0.361. The van der Waals surface area contributed by atoms with E-state index in [1.54, 1.807) is 0 Å². The van der Waals surface area contributed by atoms with Gasteiger partial charge in [-0.3, -0.25) is 9.59 Å². The average molecular weight is 312 g/mol. The number of ketones is 2. The summed E-state index contributed by atoms with van der Waals surface area (Å²) in [6, 6.07) is 0. The summed E-state index contributed by atoms with van der Waals surface area (Å²) in [5, 5.41) is 0. The largest absolute Gasteiger partial charge is 0.290 e. The van der Waals surface area contributed by atoms with Gasteiger partial charge >= 0.3 is 0 Å². The van der Waals surface area contributed by atoms with Crippen LogP contribution in [0.1, 0.15) is 59.3 Å². The third-order valence-electron chi connectivity index (χ3n) is 4.80. The van der Waals surface area contributed by atoms with E-state index in [4.69, 9.17) is 0 Å². The highest BCUT2D eigenvalue weighted by atomic mass is 16.2. The Bertz CT molecular complexity index is 583. The first-order chi connectivity index (χ1) is 11.0. The zero-order valence-electron chi connectivity index (χ0n) is 14.6. The topological polar surface area (TPSA) is 34.1 Å². The molecule has 2 aliphatic rings. The van der Waals surface area contributed by atoms with Crippen LogP contribution in [-0.4, -0.2) is 11.6 Å². The van der Waals surface area contributed by atoms with Gasteiger partial charge in [-0.2, -0.15) is 0 Å². The van der Waals surface area contributed by atoms with Crippen molar-refractivity contribution in [2.75, 3.05) is 0 Å². The summed E-state index contributed by atoms with van der Waals surface area (Å²) in [7, 11) is 0. The van der Waals surface area contributed by atoms with Crippen molar-refractivity contribution in [2.24, 2.45) is 11.8 Å². The number of hydrogen-bond acceptors (Lipinski definition) is 2. The van der Waals surface area contributed by atoms with E-state index in [1.807, 2.05) is 6.08 Å². The molecule has 0 amide bonds. The third kappa shape index (κ3) is 5.16. The number of allylic oxidation sites excluding steroid dienone is 8. The van der Waals surface area contributed by atoms with Crippen LogP contribution in [-0.2, 0) is 9.59 Å². The highest BCUT2D eigenvalue weighted by molar-refractivity contribution is 6.43. The van der Waals surface area contributed by atoms with Crippen LogP contribution < -0.4 is 0 Å². The van der Waals surface area contributed by atoms with Crippen LogP contribution in [0.3, 0.4) is 0 Å². The van der Waals surface area contributed by atoms with Gasteiger partial charge in [0.05, 0.1) is 0 Å². The second-order valence-electron chi connectivity index (χ2n) is 7.07. The third-order valence-corrected chi connectivity index (χ3v) is 4.80. The van der Waals surface area contributed by atoms with Gasteiger partial charge < -0.3 is 0 Å². The first-order valence-corrected chi connectivity index (χ1v) is 8.70. The maximum Gasteiger partial charge on any atom is 0.221 e. The van der Waals surface area contributed by atoms with Crippen LogP contribution in [0.25, 0.3) is 0 Å². The van der Waals surface area contributed by atoms with Crippen molar-refractivity contribution < 1.29 is 9.59 Å². The zero-order chi connectivity index (χ0) is 16.8. The molecule has 124 valence electrons. The average Bonchev–Trinajstić information content (AvgIpc) is 2.51. The Morgan fingerprint density at radius 3 is 2.70 bits per heavy atom. The SMILES string of the molecule is CC(C)=CCC/C(C)=C/CCC1=CCC2C=CC(=O)C(=O)C2C1. The van der Waals surface area contributed by atoms with Gasteiger partial charge in [0, 0.05) is 5.92 Å². The Kier molecular flexibility index (Phi) is 6.32. The van der Waals surface area contributed by atoms with Crippen molar-refractivity contribution >= 4 is 11.6 Å². The molecule has 2 heteroatoms. The molecule has 0 aromatic carbocycles. The molecule has 0 heterocycles. The summed E-state index contributed by atoms with van der Waals surface area (Å²) in [5.41, 5.74) is 4.15. The number of carbonyl (C=O) groups is 2. The summed E-state index contributed by atoms with van der Waals surface area (Å²) < 4.78 is 0. The molecular formula is C21H28O2. The van der Waals surface area contributed by atoms with Crippen molar-refractivity contribution in [3.63, 3.8) is 0 Å². The van der Waals surface area contributed by atoms with Crippen molar-refractivity contribution in [2.45, 2.75) is 59.3 Å². The molecule has 0 saturated carbocycles. The van der Waals surface area contributed by atoms with Crippen LogP contribution >= 0.6 is 0 Å². The summed E-state index contributed by atoms with van der Waals surface area (Å²) in [6.07, 6.45) is 16.2. The van der Waals surface area contributed by atoms with Crippen LogP contribution in [0.4, 0.5) is 0 Å². The maximum atomic E-state index is 12.0. The monoisotopic (exact) mass is 312 g/mol. The molecule has 23 heavy (non-hydrogen) atoms. The minimum atomic E-state index is -0.317. The predicted octanol–water partition coefficient (Wildman–Crippen LogP) is 5.12. The quantitative estimate of drug-likeness (QED) is 0.504. The Morgan fingerprint density at radius 1 is 1.17 bits per heavy atom. The lowest BCUT2D eigenvalue weighted by atomic mass is 9.73. The Hall–Kier alpha value is -1.70. The molecule has 2 rings (SSSR count). The van der Waals surface area contributed by atoms with Gasteiger partial charge in [-0.15, -0.1) is 0 Å². The van der Waals surface area contributed by atoms with Gasteiger partial charge in [0.1, 0.15) is 0 Å². The molecule has 0 aromatic rings. The van der Waals surface area contributed by atoms with Crippen molar-refractivity contribution in [1.82, 2.24) is 0 Å². The summed E-state index contributed by atoms with van der Waals surface area (Å²) in [6.45, 7) is 6.46. The van der Waals surface area contributed by atoms with Crippen LogP contribution in [0, 0.1) is 11.8 Å². The molecule has 0 spiro atoms. The summed E-state index contributed by atoms with van der Waals surface area (Å²) in [4.78, 5) is 23.6. The Labute approximate surface area is 140 Å². The van der Waals surface area contributed by atoms with Crippen LogP contribution in [0.2, 0.25) is 0 Å². The first-order valence-electron chi connectivity index (χ1n) is 8.70. The number of rotatable bonds is 6. The zero-order valence-corrected chi connectivity index (χ0v) is 14.6. The van der Waals surface area contributed by atoms with Gasteiger partial charge in [0.15, 0.2) is 0 Å². The minimum Gasteiger partial charge on any atom is -0.290 e. The molecule has 0 N–H and O–H groups in total. The lowest BCUT2D eigenvalue weighted by Gasteiger charge is -2.30. The van der Waals surface area contributed by atoms with E-state index in [9.17, 15) is 9.59 Å². The molecule has 0 radical (unpaired) electrons. The van der Waals surface area contributed by atoms with Crippen molar-refractivity contribution in [3.05, 3.63) is 47.1 Å². The van der Waals surface area contributed by atoms with Gasteiger partial charge in [0.25, 0.3) is 0 Å². The van der Waals surface area contributed by atoms with E-state index < -0.39 is 0 Å². The smallest absolute Gasteiger partial charge is 0.221 e. The molecule has 0 aliphatic heterocycles. The number of carbonyl (C=O) groups excluding carboxylic acids is 2. The lowest BCUT2D eigenvalue weighted by molar-refractivity contribution is -0.137. The normalized spacial score (nSPS) is 24.3. The molecule has 2 atom stereocenters. The van der Waals surface area contributed by atoms with Crippen molar-refractivity contribution in [3.8, 4) is 0 Å². The molecule has 2 unspecified atom stereocenters. The van der Waals surface area contributed by atoms with Gasteiger partial charge in [0.2, 0.25) is 11.6 Å². The molecule has 0 bridgehead atoms. The van der Waals surface area contributed by atoms with Crippen molar-refractivity contribution in [1.29, 1.82) is 0 Å². The maximum absolute atomic E-state index is 12.0. The predicted molar refractivity (Wildman–Crippen MR) is 95.1 cm³/mol. The molecule has 0 saturated heterocycles. The van der Waals surface area contributed by atoms with Gasteiger partial charge in [-0.05, 0) is 71.3 Å². The van der Waals surface area contributed by atoms with Crippen LogP contribution in [0.15, 0.2) is 47.1 Å². The van der Waals surface area contributed by atoms with Gasteiger partial charge in [-0.1, -0.05) is 41.0 Å². The second kappa shape index (κ2) is 8.24. The van der Waals surface area contributed by atoms with E-state index in [0.29, 0.717) is 0 Å². The highest BCUT2D eigenvalue weighted by Crippen LogP contribution is 2.35. The van der Waals surface area contributed by atoms with E-state index in [1.165, 1.54) is 22.8 Å². The number of hydrogen-bond donors (Lipinski definition) is 0. The van der Waals surface area contributed by atoms with Crippen LogP contribution in [0.5, 0.6) is 0 Å². The number of Topliss-reactive ketones (excluding diaryl/α,β-unsaturated/α-hetero) is 1. The Balaban J connectivity index is 1.82. The van der Waals surface area contributed by atoms with E-state index in [0.717, 1.165) is 38.5 Å². The first kappa shape index (κ1) is 17.7. The summed E-state index contributed by atoms with van der Waals surface area (Å²) >= 11 is 0. The Morgan fingerprint density at radius 2 is 1.96 bits per heavy atom. The molecule has 2 aliphatic carbocycles. The van der Waals surface area contributed by atoms with E-state index in [2.05, 4.69) is 39.0 Å². The molecule has 2 nitrogen and oxygen atoms in total.